The maximum Gasteiger partial charge on any atom is 0.298 e. The van der Waals surface area contributed by atoms with Gasteiger partial charge in [-0.2, -0.15) is 0 Å². The van der Waals surface area contributed by atoms with Crippen LogP contribution in [-0.4, -0.2) is 18.3 Å². The van der Waals surface area contributed by atoms with E-state index in [1.807, 2.05) is 49.4 Å². The molecule has 0 spiro atoms. The number of rotatable bonds is 8. The fourth-order valence-corrected chi connectivity index (χ4v) is 4.49. The van der Waals surface area contributed by atoms with Gasteiger partial charge in [0.15, 0.2) is 11.5 Å². The maximum atomic E-state index is 13.0. The van der Waals surface area contributed by atoms with E-state index < -0.39 is 0 Å². The van der Waals surface area contributed by atoms with Crippen LogP contribution >= 0.6 is 11.8 Å². The number of imide groups is 1. The number of ether oxygens (including phenoxy) is 2. The summed E-state index contributed by atoms with van der Waals surface area (Å²) in [5.74, 6) is 0.850. The van der Waals surface area contributed by atoms with E-state index in [9.17, 15) is 9.59 Å². The van der Waals surface area contributed by atoms with Gasteiger partial charge in [-0.3, -0.25) is 9.59 Å². The first kappa shape index (κ1) is 23.4. The summed E-state index contributed by atoms with van der Waals surface area (Å²) in [7, 11) is 1.58. The molecule has 1 fully saturated rings. The third-order valence-corrected chi connectivity index (χ3v) is 6.22. The lowest BCUT2D eigenvalue weighted by atomic mass is 10.0. The number of thioether (sulfide) groups is 1. The molecule has 1 saturated heterocycles. The molecular formula is C28H25NO4S. The average molecular weight is 472 g/mol. The Morgan fingerprint density at radius 2 is 1.76 bits per heavy atom. The van der Waals surface area contributed by atoms with Crippen LogP contribution in [0.25, 0.3) is 6.08 Å². The predicted octanol–water partition coefficient (Wildman–Crippen LogP) is 6.55. The number of para-hydroxylation sites is 1. The lowest BCUT2D eigenvalue weighted by molar-refractivity contribution is -0.113. The molecule has 172 valence electrons. The van der Waals surface area contributed by atoms with Crippen LogP contribution in [0.4, 0.5) is 10.5 Å². The van der Waals surface area contributed by atoms with E-state index >= 15 is 0 Å². The molecule has 0 bridgehead atoms. The zero-order valence-electron chi connectivity index (χ0n) is 19.1. The summed E-state index contributed by atoms with van der Waals surface area (Å²) >= 11 is 0.923. The van der Waals surface area contributed by atoms with Crippen molar-refractivity contribution in [2.24, 2.45) is 0 Å². The number of benzene rings is 3. The van der Waals surface area contributed by atoms with E-state index in [1.54, 1.807) is 43.5 Å². The average Bonchev–Trinajstić information content (AvgIpc) is 3.12. The first-order valence-corrected chi connectivity index (χ1v) is 11.6. The normalized spacial score (nSPS) is 14.5. The van der Waals surface area contributed by atoms with Gasteiger partial charge in [-0.15, -0.1) is 6.58 Å². The van der Waals surface area contributed by atoms with E-state index in [2.05, 4.69) is 6.58 Å². The maximum absolute atomic E-state index is 13.0. The van der Waals surface area contributed by atoms with Gasteiger partial charge in [0, 0.05) is 5.56 Å². The number of hydrogen-bond donors (Lipinski definition) is 0. The minimum absolute atomic E-state index is 0.321. The summed E-state index contributed by atoms with van der Waals surface area (Å²) in [6.07, 6.45) is 4.07. The molecule has 0 radical (unpaired) electrons. The highest BCUT2D eigenvalue weighted by Gasteiger charge is 2.36. The van der Waals surface area contributed by atoms with Crippen molar-refractivity contribution in [2.45, 2.75) is 20.0 Å². The van der Waals surface area contributed by atoms with Gasteiger partial charge in [0.05, 0.1) is 17.7 Å². The van der Waals surface area contributed by atoms with Gasteiger partial charge in [-0.25, -0.2) is 4.90 Å². The molecule has 2 amide bonds. The molecule has 3 aromatic rings. The van der Waals surface area contributed by atoms with E-state index in [0.717, 1.165) is 28.5 Å². The quantitative estimate of drug-likeness (QED) is 0.275. The molecule has 3 aromatic carbocycles. The van der Waals surface area contributed by atoms with Gasteiger partial charge in [0.2, 0.25) is 0 Å². The van der Waals surface area contributed by atoms with Crippen LogP contribution in [0.5, 0.6) is 11.5 Å². The summed E-state index contributed by atoms with van der Waals surface area (Å²) in [5.41, 5.74) is 4.42. The van der Waals surface area contributed by atoms with Crippen LogP contribution in [0.3, 0.4) is 0 Å². The number of hydrogen-bond acceptors (Lipinski definition) is 5. The van der Waals surface area contributed by atoms with E-state index in [0.29, 0.717) is 35.1 Å². The lowest BCUT2D eigenvalue weighted by Crippen LogP contribution is -2.27. The second-order valence-electron chi connectivity index (χ2n) is 7.83. The summed E-state index contributed by atoms with van der Waals surface area (Å²) < 4.78 is 11.8. The number of aryl methyl sites for hydroxylation is 1. The van der Waals surface area contributed by atoms with Crippen LogP contribution in [0, 0.1) is 6.92 Å². The molecule has 4 rings (SSSR count). The fraction of sp³-hybridized carbons (Fsp3) is 0.143. The van der Waals surface area contributed by atoms with E-state index in [4.69, 9.17) is 9.47 Å². The summed E-state index contributed by atoms with van der Waals surface area (Å²) in [6, 6.07) is 20.8. The molecule has 0 aromatic heterocycles. The number of amides is 2. The highest BCUT2D eigenvalue weighted by molar-refractivity contribution is 8.19. The van der Waals surface area contributed by atoms with Crippen LogP contribution < -0.4 is 14.4 Å². The Labute approximate surface area is 203 Å². The van der Waals surface area contributed by atoms with Crippen molar-refractivity contribution < 1.29 is 19.1 Å². The minimum Gasteiger partial charge on any atom is -0.493 e. The smallest absolute Gasteiger partial charge is 0.298 e. The second-order valence-corrected chi connectivity index (χ2v) is 8.82. The van der Waals surface area contributed by atoms with E-state index in [1.165, 1.54) is 10.5 Å². The first-order chi connectivity index (χ1) is 16.5. The SMILES string of the molecule is C=CCc1cc(/C=C2\SC(=O)N(c3ccccc3)C2=O)cc(OC)c1OCc1ccc(C)cc1. The van der Waals surface area contributed by atoms with Gasteiger partial charge in [-0.05, 0) is 66.6 Å². The topological polar surface area (TPSA) is 55.8 Å². The molecule has 0 unspecified atom stereocenters. The van der Waals surface area contributed by atoms with Crippen molar-refractivity contribution in [3.05, 3.63) is 107 Å². The summed E-state index contributed by atoms with van der Waals surface area (Å²) in [4.78, 5) is 27.1. The van der Waals surface area contributed by atoms with Crippen molar-refractivity contribution in [3.8, 4) is 11.5 Å². The predicted molar refractivity (Wildman–Crippen MR) is 137 cm³/mol. The van der Waals surface area contributed by atoms with Crippen LogP contribution in [-0.2, 0) is 17.8 Å². The molecule has 0 aliphatic carbocycles. The molecule has 1 aliphatic rings. The third kappa shape index (κ3) is 5.07. The molecule has 6 heteroatoms. The Kier molecular flexibility index (Phi) is 7.18. The van der Waals surface area contributed by atoms with Gasteiger partial charge >= 0.3 is 0 Å². The number of nitrogens with zero attached hydrogens (tertiary/aromatic N) is 1. The molecule has 5 nitrogen and oxygen atoms in total. The van der Waals surface area contributed by atoms with Crippen molar-refractivity contribution in [1.82, 2.24) is 0 Å². The number of anilines is 1. The molecule has 0 atom stereocenters. The van der Waals surface area contributed by atoms with Crippen molar-refractivity contribution in [3.63, 3.8) is 0 Å². The molecular weight excluding hydrogens is 446 g/mol. The number of carbonyl (C=O) groups is 2. The number of carbonyl (C=O) groups excluding carboxylic acids is 2. The Bertz CT molecular complexity index is 1250. The Morgan fingerprint density at radius 1 is 1.03 bits per heavy atom. The van der Waals surface area contributed by atoms with Crippen molar-refractivity contribution in [1.29, 1.82) is 0 Å². The van der Waals surface area contributed by atoms with Gasteiger partial charge in [-0.1, -0.05) is 54.1 Å². The molecule has 0 saturated carbocycles. The monoisotopic (exact) mass is 471 g/mol. The van der Waals surface area contributed by atoms with Crippen molar-refractivity contribution >= 4 is 34.7 Å². The highest BCUT2D eigenvalue weighted by atomic mass is 32.2. The Balaban J connectivity index is 1.63. The summed E-state index contributed by atoms with van der Waals surface area (Å²) in [5, 5.41) is -0.321. The lowest BCUT2D eigenvalue weighted by Gasteiger charge is -2.16. The fourth-order valence-electron chi connectivity index (χ4n) is 3.65. The van der Waals surface area contributed by atoms with E-state index in [-0.39, 0.29) is 11.1 Å². The Morgan fingerprint density at radius 3 is 2.44 bits per heavy atom. The zero-order chi connectivity index (χ0) is 24.1. The number of methoxy groups -OCH3 is 1. The van der Waals surface area contributed by atoms with Gasteiger partial charge in [0.1, 0.15) is 6.61 Å². The first-order valence-electron chi connectivity index (χ1n) is 10.8. The van der Waals surface area contributed by atoms with Crippen molar-refractivity contribution in [2.75, 3.05) is 12.0 Å². The largest absolute Gasteiger partial charge is 0.493 e. The summed E-state index contributed by atoms with van der Waals surface area (Å²) in [6.45, 7) is 6.30. The van der Waals surface area contributed by atoms with Crippen LogP contribution in [0.15, 0.2) is 84.3 Å². The highest BCUT2D eigenvalue weighted by Crippen LogP contribution is 2.38. The molecule has 1 heterocycles. The zero-order valence-corrected chi connectivity index (χ0v) is 19.9. The molecule has 1 aliphatic heterocycles. The molecule has 34 heavy (non-hydrogen) atoms. The standard InChI is InChI=1S/C28H25NO4S/c1-4-8-22-15-21(16-24(32-3)26(22)33-18-20-13-11-19(2)12-14-20)17-25-27(30)29(28(31)34-25)23-9-6-5-7-10-23/h4-7,9-17H,1,8,18H2,2-3H3/b25-17-. The van der Waals surface area contributed by atoms with Gasteiger partial charge < -0.3 is 9.47 Å². The third-order valence-electron chi connectivity index (χ3n) is 5.35. The second kappa shape index (κ2) is 10.4. The minimum atomic E-state index is -0.342. The number of allylic oxidation sites excluding steroid dienone is 1. The van der Waals surface area contributed by atoms with Crippen LogP contribution in [0.1, 0.15) is 22.3 Å². The van der Waals surface area contributed by atoms with Gasteiger partial charge in [0.25, 0.3) is 11.1 Å². The van der Waals surface area contributed by atoms with Crippen LogP contribution in [0.2, 0.25) is 0 Å². The Hall–Kier alpha value is -3.77. The molecule has 0 N–H and O–H groups in total.